The van der Waals surface area contributed by atoms with Crippen LogP contribution < -0.4 is 15.4 Å². The summed E-state index contributed by atoms with van der Waals surface area (Å²) in [6.07, 6.45) is 0.909. The lowest BCUT2D eigenvalue weighted by Crippen LogP contribution is -2.56. The summed E-state index contributed by atoms with van der Waals surface area (Å²) in [4.78, 5) is 24.8. The first-order valence-corrected chi connectivity index (χ1v) is 9.48. The van der Waals surface area contributed by atoms with Gasteiger partial charge in [-0.1, -0.05) is 26.0 Å². The second kappa shape index (κ2) is 9.62. The number of carbonyl (C=O) groups is 2. The smallest absolute Gasteiger partial charge is 0.407 e. The fourth-order valence-electron chi connectivity index (χ4n) is 2.69. The number of amides is 2. The Morgan fingerprint density at radius 1 is 1.07 bits per heavy atom. The Labute approximate surface area is 163 Å². The molecule has 0 heterocycles. The minimum absolute atomic E-state index is 0.0742. The number of rotatable bonds is 8. The standard InChI is InChI=1S/C21H34N2O4/c1-8-21(9-2,14-22-19(25)27-20(4,5)6)23-18(24)15(3)16-10-12-17(26-7)13-11-16/h10-13,15H,8-9,14H2,1-7H3,(H,22,25)(H,23,24). The van der Waals surface area contributed by atoms with Crippen molar-refractivity contribution in [1.29, 1.82) is 0 Å². The van der Waals surface area contributed by atoms with Crippen molar-refractivity contribution in [2.45, 2.75) is 71.4 Å². The molecule has 0 aliphatic carbocycles. The number of alkyl carbamates (subject to hydrolysis) is 1. The third kappa shape index (κ3) is 7.12. The molecular weight excluding hydrogens is 344 g/mol. The summed E-state index contributed by atoms with van der Waals surface area (Å²) in [5, 5.41) is 5.92. The maximum absolute atomic E-state index is 12.8. The summed E-state index contributed by atoms with van der Waals surface area (Å²) in [6, 6.07) is 7.47. The number of carbonyl (C=O) groups excluding carboxylic acids is 2. The molecule has 1 aromatic carbocycles. The number of methoxy groups -OCH3 is 1. The van der Waals surface area contributed by atoms with E-state index < -0.39 is 17.2 Å². The molecule has 0 radical (unpaired) electrons. The Morgan fingerprint density at radius 2 is 1.63 bits per heavy atom. The van der Waals surface area contributed by atoms with Gasteiger partial charge in [0.2, 0.25) is 5.91 Å². The fraction of sp³-hybridized carbons (Fsp3) is 0.619. The number of hydrogen-bond donors (Lipinski definition) is 2. The lowest BCUT2D eigenvalue weighted by molar-refractivity contribution is -0.124. The summed E-state index contributed by atoms with van der Waals surface area (Å²) >= 11 is 0. The monoisotopic (exact) mass is 378 g/mol. The van der Waals surface area contributed by atoms with Crippen LogP contribution in [0.25, 0.3) is 0 Å². The quantitative estimate of drug-likeness (QED) is 0.717. The first kappa shape index (κ1) is 22.8. The highest BCUT2D eigenvalue weighted by atomic mass is 16.6. The number of hydrogen-bond acceptors (Lipinski definition) is 4. The molecule has 6 heteroatoms. The van der Waals surface area contributed by atoms with Crippen molar-refractivity contribution in [3.8, 4) is 5.75 Å². The van der Waals surface area contributed by atoms with Crippen LogP contribution in [-0.2, 0) is 9.53 Å². The minimum atomic E-state index is -0.558. The molecule has 2 amide bonds. The lowest BCUT2D eigenvalue weighted by Gasteiger charge is -2.34. The van der Waals surface area contributed by atoms with Gasteiger partial charge in [-0.2, -0.15) is 0 Å². The van der Waals surface area contributed by atoms with Crippen LogP contribution in [0.4, 0.5) is 4.79 Å². The van der Waals surface area contributed by atoms with Crippen molar-refractivity contribution in [3.63, 3.8) is 0 Å². The Balaban J connectivity index is 2.78. The Hall–Kier alpha value is -2.24. The normalized spacial score (nSPS) is 12.9. The van der Waals surface area contributed by atoms with Crippen molar-refractivity contribution >= 4 is 12.0 Å². The summed E-state index contributed by atoms with van der Waals surface area (Å²) in [6.45, 7) is 11.6. The van der Waals surface area contributed by atoms with Crippen LogP contribution in [0.15, 0.2) is 24.3 Å². The molecule has 0 aliphatic heterocycles. The molecule has 0 fully saturated rings. The van der Waals surface area contributed by atoms with Crippen LogP contribution in [0.5, 0.6) is 5.75 Å². The maximum Gasteiger partial charge on any atom is 0.407 e. The summed E-state index contributed by atoms with van der Waals surface area (Å²) in [7, 11) is 1.61. The molecule has 0 spiro atoms. The van der Waals surface area contributed by atoms with Crippen molar-refractivity contribution in [3.05, 3.63) is 29.8 Å². The molecule has 6 nitrogen and oxygen atoms in total. The maximum atomic E-state index is 12.8. The number of ether oxygens (including phenoxy) is 2. The second-order valence-corrected chi connectivity index (χ2v) is 7.83. The Kier molecular flexibility index (Phi) is 8.13. The van der Waals surface area contributed by atoms with Gasteiger partial charge in [-0.15, -0.1) is 0 Å². The molecule has 0 aliphatic rings. The zero-order valence-electron chi connectivity index (χ0n) is 17.6. The van der Waals surface area contributed by atoms with Crippen LogP contribution >= 0.6 is 0 Å². The summed E-state index contributed by atoms with van der Waals surface area (Å²) < 4.78 is 10.5. The van der Waals surface area contributed by atoms with Gasteiger partial charge >= 0.3 is 6.09 Å². The van der Waals surface area contributed by atoms with E-state index in [0.717, 1.165) is 11.3 Å². The fourth-order valence-corrected chi connectivity index (χ4v) is 2.69. The third-order valence-corrected chi connectivity index (χ3v) is 4.72. The average Bonchev–Trinajstić information content (AvgIpc) is 2.63. The van der Waals surface area contributed by atoms with Gasteiger partial charge < -0.3 is 20.1 Å². The van der Waals surface area contributed by atoms with E-state index in [9.17, 15) is 9.59 Å². The molecule has 0 bridgehead atoms. The van der Waals surface area contributed by atoms with Crippen LogP contribution in [-0.4, -0.2) is 36.8 Å². The highest BCUT2D eigenvalue weighted by molar-refractivity contribution is 5.84. The first-order chi connectivity index (χ1) is 12.6. The van der Waals surface area contributed by atoms with Crippen molar-refractivity contribution < 1.29 is 19.1 Å². The van der Waals surface area contributed by atoms with Gasteiger partial charge in [0.25, 0.3) is 0 Å². The van der Waals surface area contributed by atoms with Gasteiger partial charge in [-0.05, 0) is 58.2 Å². The van der Waals surface area contributed by atoms with Gasteiger partial charge in [0.1, 0.15) is 11.4 Å². The Bertz CT molecular complexity index is 616. The van der Waals surface area contributed by atoms with E-state index in [4.69, 9.17) is 9.47 Å². The van der Waals surface area contributed by atoms with E-state index >= 15 is 0 Å². The predicted octanol–water partition coefficient (Wildman–Crippen LogP) is 4.00. The Morgan fingerprint density at radius 3 is 2.07 bits per heavy atom. The molecular formula is C21H34N2O4. The van der Waals surface area contributed by atoms with Gasteiger partial charge in [-0.3, -0.25) is 4.79 Å². The topological polar surface area (TPSA) is 76.7 Å². The zero-order chi connectivity index (χ0) is 20.7. The van der Waals surface area contributed by atoms with E-state index in [1.165, 1.54) is 0 Å². The third-order valence-electron chi connectivity index (χ3n) is 4.72. The molecule has 1 rings (SSSR count). The largest absolute Gasteiger partial charge is 0.497 e. The average molecular weight is 379 g/mol. The van der Waals surface area contributed by atoms with Crippen molar-refractivity contribution in [2.75, 3.05) is 13.7 Å². The van der Waals surface area contributed by atoms with Crippen LogP contribution in [0.3, 0.4) is 0 Å². The second-order valence-electron chi connectivity index (χ2n) is 7.83. The SMILES string of the molecule is CCC(CC)(CNC(=O)OC(C)(C)C)NC(=O)C(C)c1ccc(OC)cc1. The van der Waals surface area contributed by atoms with E-state index in [-0.39, 0.29) is 11.8 Å². The first-order valence-electron chi connectivity index (χ1n) is 9.48. The minimum Gasteiger partial charge on any atom is -0.497 e. The molecule has 1 aromatic rings. The van der Waals surface area contributed by atoms with Crippen molar-refractivity contribution in [1.82, 2.24) is 10.6 Å². The van der Waals surface area contributed by atoms with E-state index in [1.807, 2.05) is 65.8 Å². The van der Waals surface area contributed by atoms with Crippen LogP contribution in [0.2, 0.25) is 0 Å². The van der Waals surface area contributed by atoms with Crippen LogP contribution in [0, 0.1) is 0 Å². The molecule has 0 saturated heterocycles. The molecule has 152 valence electrons. The summed E-state index contributed by atoms with van der Waals surface area (Å²) in [5.74, 6) is 0.370. The van der Waals surface area contributed by atoms with Crippen molar-refractivity contribution in [2.24, 2.45) is 0 Å². The van der Waals surface area contributed by atoms with Gasteiger partial charge in [-0.25, -0.2) is 4.79 Å². The predicted molar refractivity (Wildman–Crippen MR) is 107 cm³/mol. The molecule has 1 atom stereocenters. The van der Waals surface area contributed by atoms with E-state index in [0.29, 0.717) is 19.4 Å². The van der Waals surface area contributed by atoms with E-state index in [2.05, 4.69) is 10.6 Å². The highest BCUT2D eigenvalue weighted by Crippen LogP contribution is 2.22. The van der Waals surface area contributed by atoms with Crippen LogP contribution in [0.1, 0.15) is 65.9 Å². The molecule has 2 N–H and O–H groups in total. The van der Waals surface area contributed by atoms with Gasteiger partial charge in [0, 0.05) is 6.54 Å². The molecule has 27 heavy (non-hydrogen) atoms. The summed E-state index contributed by atoms with van der Waals surface area (Å²) in [5.41, 5.74) is -0.166. The molecule has 0 saturated carbocycles. The van der Waals surface area contributed by atoms with E-state index in [1.54, 1.807) is 7.11 Å². The zero-order valence-corrected chi connectivity index (χ0v) is 17.6. The van der Waals surface area contributed by atoms with Gasteiger partial charge in [0.15, 0.2) is 0 Å². The number of nitrogens with one attached hydrogen (secondary N) is 2. The molecule has 0 aromatic heterocycles. The highest BCUT2D eigenvalue weighted by Gasteiger charge is 2.31. The number of benzene rings is 1. The molecule has 1 unspecified atom stereocenters. The van der Waals surface area contributed by atoms with Gasteiger partial charge in [0.05, 0.1) is 18.6 Å². The lowest BCUT2D eigenvalue weighted by atomic mass is 9.90.